The summed E-state index contributed by atoms with van der Waals surface area (Å²) in [7, 11) is -3.69. The number of ether oxygens (including phenoxy) is 1. The highest BCUT2D eigenvalue weighted by atomic mass is 79.9. The molecule has 0 saturated carbocycles. The number of sulfonamides is 1. The normalized spacial score (nSPS) is 11.3. The number of carbonyl (C=O) groups is 1. The third-order valence-corrected chi connectivity index (χ3v) is 4.58. The molecule has 1 aromatic rings. The van der Waals surface area contributed by atoms with Gasteiger partial charge in [0.1, 0.15) is 10.6 Å². The van der Waals surface area contributed by atoms with E-state index < -0.39 is 16.0 Å². The van der Waals surface area contributed by atoms with Gasteiger partial charge in [-0.25, -0.2) is 13.1 Å². The predicted octanol–water partition coefficient (Wildman–Crippen LogP) is 2.38. The number of benzene rings is 1. The molecule has 0 radical (unpaired) electrons. The Hall–Kier alpha value is -1.12. The quantitative estimate of drug-likeness (QED) is 0.642. The lowest BCUT2D eigenvalue weighted by molar-refractivity contribution is -0.137. The minimum absolute atomic E-state index is 0.0306. The second-order valence-electron chi connectivity index (χ2n) is 4.27. The first kappa shape index (κ1) is 17.9. The summed E-state index contributed by atoms with van der Waals surface area (Å²) < 4.78 is 32.9. The third-order valence-electron chi connectivity index (χ3n) is 2.60. The van der Waals surface area contributed by atoms with Crippen LogP contribution in [0, 0.1) is 0 Å². The molecule has 0 unspecified atom stereocenters. The number of hydrogen-bond acceptors (Lipinski definition) is 4. The molecule has 0 aromatic heterocycles. The van der Waals surface area contributed by atoms with Crippen molar-refractivity contribution in [3.8, 4) is 5.75 Å². The van der Waals surface area contributed by atoms with Crippen molar-refractivity contribution < 1.29 is 23.1 Å². The minimum Gasteiger partial charge on any atom is -0.492 e. The van der Waals surface area contributed by atoms with Gasteiger partial charge in [0.2, 0.25) is 10.0 Å². The molecule has 21 heavy (non-hydrogen) atoms. The van der Waals surface area contributed by atoms with E-state index in [2.05, 4.69) is 20.7 Å². The van der Waals surface area contributed by atoms with Crippen LogP contribution in [0.15, 0.2) is 27.6 Å². The number of unbranched alkanes of at least 4 members (excludes halogenated alkanes) is 1. The predicted molar refractivity (Wildman–Crippen MR) is 82.0 cm³/mol. The molecule has 0 spiro atoms. The number of aliphatic carboxylic acids is 1. The zero-order valence-electron chi connectivity index (χ0n) is 11.6. The average Bonchev–Trinajstić information content (AvgIpc) is 2.40. The minimum atomic E-state index is -3.69. The van der Waals surface area contributed by atoms with Gasteiger partial charge in [0.05, 0.1) is 6.61 Å². The highest BCUT2D eigenvalue weighted by molar-refractivity contribution is 9.10. The van der Waals surface area contributed by atoms with E-state index in [9.17, 15) is 13.2 Å². The van der Waals surface area contributed by atoms with Gasteiger partial charge in [0.15, 0.2) is 0 Å². The number of rotatable bonds is 9. The molecule has 0 amide bonds. The zero-order chi connectivity index (χ0) is 15.9. The molecule has 1 aromatic carbocycles. The van der Waals surface area contributed by atoms with Crippen LogP contribution in [0.25, 0.3) is 0 Å². The van der Waals surface area contributed by atoms with E-state index in [1.54, 1.807) is 19.1 Å². The molecule has 6 nitrogen and oxygen atoms in total. The van der Waals surface area contributed by atoms with E-state index in [-0.39, 0.29) is 17.9 Å². The molecule has 0 aliphatic carbocycles. The van der Waals surface area contributed by atoms with Crippen LogP contribution in [-0.4, -0.2) is 32.6 Å². The maximum Gasteiger partial charge on any atom is 0.303 e. The number of carboxylic acid groups (broad SMARTS) is 1. The monoisotopic (exact) mass is 379 g/mol. The van der Waals surface area contributed by atoms with Crippen LogP contribution in [0.1, 0.15) is 26.2 Å². The first-order valence-electron chi connectivity index (χ1n) is 6.50. The first-order valence-corrected chi connectivity index (χ1v) is 8.78. The lowest BCUT2D eigenvalue weighted by atomic mass is 10.2. The molecule has 8 heteroatoms. The van der Waals surface area contributed by atoms with Gasteiger partial charge in [0, 0.05) is 17.4 Å². The molecular weight excluding hydrogens is 362 g/mol. The van der Waals surface area contributed by atoms with Crippen molar-refractivity contribution in [1.82, 2.24) is 4.72 Å². The summed E-state index contributed by atoms with van der Waals surface area (Å²) >= 11 is 3.24. The van der Waals surface area contributed by atoms with Gasteiger partial charge in [-0.2, -0.15) is 0 Å². The summed E-state index contributed by atoms with van der Waals surface area (Å²) in [5.74, 6) is -0.595. The van der Waals surface area contributed by atoms with Crippen molar-refractivity contribution >= 4 is 31.9 Å². The smallest absolute Gasteiger partial charge is 0.303 e. The van der Waals surface area contributed by atoms with E-state index in [0.717, 1.165) is 0 Å². The van der Waals surface area contributed by atoms with Crippen LogP contribution in [0.4, 0.5) is 0 Å². The maximum atomic E-state index is 12.2. The van der Waals surface area contributed by atoms with Crippen molar-refractivity contribution in [3.05, 3.63) is 22.7 Å². The van der Waals surface area contributed by atoms with Crippen molar-refractivity contribution in [2.45, 2.75) is 31.1 Å². The maximum absolute atomic E-state index is 12.2. The summed E-state index contributed by atoms with van der Waals surface area (Å²) in [4.78, 5) is 10.4. The Morgan fingerprint density at radius 3 is 2.71 bits per heavy atom. The Bertz CT molecular complexity index is 588. The van der Waals surface area contributed by atoms with Crippen LogP contribution >= 0.6 is 15.9 Å². The molecular formula is C13H18BrNO5S. The van der Waals surface area contributed by atoms with E-state index >= 15 is 0 Å². The molecule has 1 rings (SSSR count). The lowest BCUT2D eigenvalue weighted by Gasteiger charge is -2.12. The van der Waals surface area contributed by atoms with Crippen molar-refractivity contribution in [2.24, 2.45) is 0 Å². The van der Waals surface area contributed by atoms with E-state index in [1.165, 1.54) is 6.07 Å². The zero-order valence-corrected chi connectivity index (χ0v) is 14.0. The number of nitrogens with one attached hydrogen (secondary N) is 1. The summed E-state index contributed by atoms with van der Waals surface area (Å²) in [6, 6.07) is 4.77. The molecule has 0 atom stereocenters. The van der Waals surface area contributed by atoms with Gasteiger partial charge in [-0.05, 0) is 38.0 Å². The lowest BCUT2D eigenvalue weighted by Crippen LogP contribution is -2.25. The van der Waals surface area contributed by atoms with Crippen LogP contribution < -0.4 is 9.46 Å². The highest BCUT2D eigenvalue weighted by Crippen LogP contribution is 2.27. The summed E-state index contributed by atoms with van der Waals surface area (Å²) in [5, 5.41) is 8.52. The highest BCUT2D eigenvalue weighted by Gasteiger charge is 2.19. The fourth-order valence-electron chi connectivity index (χ4n) is 1.65. The Morgan fingerprint density at radius 2 is 2.10 bits per heavy atom. The Morgan fingerprint density at radius 1 is 1.38 bits per heavy atom. The summed E-state index contributed by atoms with van der Waals surface area (Å²) in [5.41, 5.74) is 0. The third kappa shape index (κ3) is 6.03. The molecule has 0 fully saturated rings. The molecule has 0 bridgehead atoms. The summed E-state index contributed by atoms with van der Waals surface area (Å²) in [6.45, 7) is 2.33. The van der Waals surface area contributed by atoms with Gasteiger partial charge in [0.25, 0.3) is 0 Å². The van der Waals surface area contributed by atoms with Crippen LogP contribution in [0.5, 0.6) is 5.75 Å². The molecule has 0 aliphatic rings. The fraction of sp³-hybridized carbons (Fsp3) is 0.462. The van der Waals surface area contributed by atoms with Gasteiger partial charge >= 0.3 is 5.97 Å². The van der Waals surface area contributed by atoms with Crippen molar-refractivity contribution in [2.75, 3.05) is 13.2 Å². The van der Waals surface area contributed by atoms with Gasteiger partial charge in [-0.15, -0.1) is 0 Å². The fourth-order valence-corrected chi connectivity index (χ4v) is 3.41. The van der Waals surface area contributed by atoms with Crippen LogP contribution in [-0.2, 0) is 14.8 Å². The van der Waals surface area contributed by atoms with Crippen LogP contribution in [0.2, 0.25) is 0 Å². The van der Waals surface area contributed by atoms with E-state index in [0.29, 0.717) is 29.7 Å². The Balaban J connectivity index is 2.73. The molecule has 2 N–H and O–H groups in total. The second-order valence-corrected chi connectivity index (χ2v) is 6.92. The number of halogens is 1. The van der Waals surface area contributed by atoms with Gasteiger partial charge in [-0.1, -0.05) is 15.9 Å². The SMILES string of the molecule is CCOc1ccc(Br)cc1S(=O)(=O)NCCCCC(=O)O. The van der Waals surface area contributed by atoms with E-state index in [1.807, 2.05) is 0 Å². The van der Waals surface area contributed by atoms with Crippen molar-refractivity contribution in [3.63, 3.8) is 0 Å². The Labute approximate surface area is 132 Å². The second kappa shape index (κ2) is 8.35. The Kier molecular flexibility index (Phi) is 7.13. The topological polar surface area (TPSA) is 92.7 Å². The molecule has 0 heterocycles. The molecule has 0 saturated heterocycles. The van der Waals surface area contributed by atoms with Crippen LogP contribution in [0.3, 0.4) is 0 Å². The number of carboxylic acids is 1. The summed E-state index contributed by atoms with van der Waals surface area (Å²) in [6.07, 6.45) is 0.918. The average molecular weight is 380 g/mol. The first-order chi connectivity index (χ1) is 9.86. The van der Waals surface area contributed by atoms with Crippen molar-refractivity contribution in [1.29, 1.82) is 0 Å². The standard InChI is InChI=1S/C13H18BrNO5S/c1-2-20-11-7-6-10(14)9-12(11)21(18,19)15-8-4-3-5-13(16)17/h6-7,9,15H,2-5,8H2,1H3,(H,16,17). The largest absolute Gasteiger partial charge is 0.492 e. The molecule has 0 aliphatic heterocycles. The van der Waals surface area contributed by atoms with E-state index in [4.69, 9.17) is 9.84 Å². The number of hydrogen-bond donors (Lipinski definition) is 2. The van der Waals surface area contributed by atoms with Gasteiger partial charge in [-0.3, -0.25) is 4.79 Å². The van der Waals surface area contributed by atoms with Gasteiger partial charge < -0.3 is 9.84 Å². The molecule has 118 valence electrons.